The molecule has 0 aromatic heterocycles. The van der Waals surface area contributed by atoms with Crippen molar-refractivity contribution in [3.8, 4) is 0 Å². The van der Waals surface area contributed by atoms with Gasteiger partial charge in [0, 0.05) is 17.5 Å². The first-order chi connectivity index (χ1) is 7.79. The van der Waals surface area contributed by atoms with Crippen molar-refractivity contribution in [1.29, 1.82) is 5.41 Å². The molecule has 0 saturated carbocycles. The fraction of sp³-hybridized carbons (Fsp3) is 0.417. The molecule has 0 saturated heterocycles. The van der Waals surface area contributed by atoms with Crippen LogP contribution in [0.3, 0.4) is 0 Å². The maximum atomic E-state index is 12.6. The standard InChI is InChI=1S/C10H11F3N2.C2H6/c1-5-3-8(15)7(4-14)6(2)9(5)10(11,12)13;1-2/h3-4,14H,15H2,1-2H3;1-2H3. The van der Waals surface area contributed by atoms with E-state index in [-0.39, 0.29) is 22.4 Å². The van der Waals surface area contributed by atoms with E-state index in [9.17, 15) is 13.2 Å². The monoisotopic (exact) mass is 246 g/mol. The third kappa shape index (κ3) is 3.22. The van der Waals surface area contributed by atoms with E-state index in [2.05, 4.69) is 0 Å². The smallest absolute Gasteiger partial charge is 0.398 e. The minimum atomic E-state index is -4.40. The SMILES string of the molecule is CC.Cc1cc(N)c(C=N)c(C)c1C(F)(F)F. The predicted molar refractivity (Wildman–Crippen MR) is 64.6 cm³/mol. The zero-order valence-electron chi connectivity index (χ0n) is 10.4. The predicted octanol–water partition coefficient (Wildman–Crippen LogP) is 3.93. The lowest BCUT2D eigenvalue weighted by molar-refractivity contribution is -0.138. The van der Waals surface area contributed by atoms with Crippen molar-refractivity contribution in [2.75, 3.05) is 5.73 Å². The molecule has 0 unspecified atom stereocenters. The molecule has 0 aliphatic carbocycles. The van der Waals surface area contributed by atoms with Crippen molar-refractivity contribution in [3.05, 3.63) is 28.3 Å². The van der Waals surface area contributed by atoms with Gasteiger partial charge in [-0.25, -0.2) is 0 Å². The Hall–Kier alpha value is -1.52. The van der Waals surface area contributed by atoms with Gasteiger partial charge in [0.2, 0.25) is 0 Å². The number of alkyl halides is 3. The number of hydrogen-bond donors (Lipinski definition) is 2. The summed E-state index contributed by atoms with van der Waals surface area (Å²) in [6.07, 6.45) is -3.56. The average Bonchev–Trinajstić information content (AvgIpc) is 2.18. The molecule has 0 aliphatic rings. The Labute approximate surface area is 99.1 Å². The van der Waals surface area contributed by atoms with Crippen LogP contribution in [-0.2, 0) is 6.18 Å². The molecule has 2 nitrogen and oxygen atoms in total. The van der Waals surface area contributed by atoms with Crippen molar-refractivity contribution in [2.24, 2.45) is 0 Å². The molecular weight excluding hydrogens is 229 g/mol. The molecule has 0 heterocycles. The molecule has 0 atom stereocenters. The third-order valence-corrected chi connectivity index (χ3v) is 2.28. The largest absolute Gasteiger partial charge is 0.416 e. The van der Waals surface area contributed by atoms with Crippen molar-refractivity contribution >= 4 is 11.9 Å². The van der Waals surface area contributed by atoms with Gasteiger partial charge in [0.1, 0.15) is 0 Å². The number of hydrogen-bond acceptors (Lipinski definition) is 2. The minimum absolute atomic E-state index is 0.00926. The molecule has 5 heteroatoms. The second kappa shape index (κ2) is 5.70. The highest BCUT2D eigenvalue weighted by Crippen LogP contribution is 2.36. The van der Waals surface area contributed by atoms with Crippen molar-refractivity contribution in [1.82, 2.24) is 0 Å². The van der Waals surface area contributed by atoms with Gasteiger partial charge in [-0.2, -0.15) is 13.2 Å². The average molecular weight is 246 g/mol. The summed E-state index contributed by atoms with van der Waals surface area (Å²) in [4.78, 5) is 0. The molecule has 17 heavy (non-hydrogen) atoms. The summed E-state index contributed by atoms with van der Waals surface area (Å²) in [5.74, 6) is 0. The summed E-state index contributed by atoms with van der Waals surface area (Å²) >= 11 is 0. The van der Waals surface area contributed by atoms with Gasteiger partial charge in [0.05, 0.1) is 5.56 Å². The molecule has 1 rings (SSSR count). The molecule has 96 valence electrons. The molecule has 0 fully saturated rings. The van der Waals surface area contributed by atoms with Gasteiger partial charge in [-0.1, -0.05) is 13.8 Å². The van der Waals surface area contributed by atoms with Crippen LogP contribution in [0, 0.1) is 19.3 Å². The van der Waals surface area contributed by atoms with Crippen LogP contribution in [0.5, 0.6) is 0 Å². The Balaban J connectivity index is 0.00000121. The zero-order valence-corrected chi connectivity index (χ0v) is 10.4. The molecule has 1 aromatic rings. The minimum Gasteiger partial charge on any atom is -0.398 e. The quantitative estimate of drug-likeness (QED) is 0.572. The topological polar surface area (TPSA) is 49.9 Å². The van der Waals surface area contributed by atoms with Crippen molar-refractivity contribution < 1.29 is 13.2 Å². The Morgan fingerprint density at radius 3 is 2.06 bits per heavy atom. The molecule has 0 radical (unpaired) electrons. The van der Waals surface area contributed by atoms with E-state index in [1.54, 1.807) is 0 Å². The molecule has 0 aliphatic heterocycles. The van der Waals surface area contributed by atoms with E-state index in [0.29, 0.717) is 0 Å². The lowest BCUT2D eigenvalue weighted by atomic mass is 9.96. The number of nitrogens with two attached hydrogens (primary N) is 1. The molecular formula is C12H17F3N2. The summed E-state index contributed by atoms with van der Waals surface area (Å²) < 4.78 is 37.9. The van der Waals surface area contributed by atoms with Crippen LogP contribution < -0.4 is 5.73 Å². The van der Waals surface area contributed by atoms with Gasteiger partial charge < -0.3 is 11.1 Å². The van der Waals surface area contributed by atoms with Crippen molar-refractivity contribution in [3.63, 3.8) is 0 Å². The van der Waals surface area contributed by atoms with Crippen LogP contribution >= 0.6 is 0 Å². The van der Waals surface area contributed by atoms with Crippen LogP contribution in [0.4, 0.5) is 18.9 Å². The van der Waals surface area contributed by atoms with Gasteiger partial charge in [-0.3, -0.25) is 0 Å². The summed E-state index contributed by atoms with van der Waals surface area (Å²) in [5.41, 5.74) is 5.26. The summed E-state index contributed by atoms with van der Waals surface area (Å²) in [6.45, 7) is 6.69. The number of aryl methyl sites for hydroxylation is 1. The van der Waals surface area contributed by atoms with Gasteiger partial charge in [-0.05, 0) is 31.0 Å². The maximum Gasteiger partial charge on any atom is 0.416 e. The number of anilines is 1. The first-order valence-corrected chi connectivity index (χ1v) is 5.26. The van der Waals surface area contributed by atoms with Crippen LogP contribution in [0.15, 0.2) is 6.07 Å². The fourth-order valence-electron chi connectivity index (χ4n) is 1.66. The van der Waals surface area contributed by atoms with Crippen molar-refractivity contribution in [2.45, 2.75) is 33.9 Å². The number of benzene rings is 1. The second-order valence-corrected chi connectivity index (χ2v) is 3.34. The Kier molecular flexibility index (Phi) is 5.19. The normalized spacial score (nSPS) is 10.5. The van der Waals surface area contributed by atoms with Gasteiger partial charge >= 0.3 is 6.18 Å². The molecule has 3 N–H and O–H groups in total. The Morgan fingerprint density at radius 1 is 1.24 bits per heavy atom. The fourth-order valence-corrected chi connectivity index (χ4v) is 1.66. The number of nitrogen functional groups attached to an aromatic ring is 1. The van der Waals surface area contributed by atoms with Crippen LogP contribution in [0.25, 0.3) is 0 Å². The van der Waals surface area contributed by atoms with E-state index in [4.69, 9.17) is 11.1 Å². The highest BCUT2D eigenvalue weighted by molar-refractivity contribution is 5.88. The highest BCUT2D eigenvalue weighted by atomic mass is 19.4. The summed E-state index contributed by atoms with van der Waals surface area (Å²) in [7, 11) is 0. The van der Waals surface area contributed by atoms with E-state index < -0.39 is 11.7 Å². The Bertz CT molecular complexity index is 409. The summed E-state index contributed by atoms with van der Waals surface area (Å²) in [5, 5.41) is 7.02. The number of halogens is 3. The molecule has 0 bridgehead atoms. The van der Waals surface area contributed by atoms with Gasteiger partial charge in [-0.15, -0.1) is 0 Å². The molecule has 0 amide bonds. The lowest BCUT2D eigenvalue weighted by Crippen LogP contribution is -2.13. The lowest BCUT2D eigenvalue weighted by Gasteiger charge is -2.16. The van der Waals surface area contributed by atoms with Crippen LogP contribution in [0.2, 0.25) is 0 Å². The Morgan fingerprint density at radius 2 is 1.71 bits per heavy atom. The van der Waals surface area contributed by atoms with E-state index in [1.165, 1.54) is 19.9 Å². The van der Waals surface area contributed by atoms with E-state index in [0.717, 1.165) is 6.21 Å². The van der Waals surface area contributed by atoms with E-state index in [1.807, 2.05) is 13.8 Å². The van der Waals surface area contributed by atoms with Gasteiger partial charge in [0.15, 0.2) is 0 Å². The van der Waals surface area contributed by atoms with E-state index >= 15 is 0 Å². The molecule has 0 spiro atoms. The zero-order chi connectivity index (χ0) is 13.8. The first-order valence-electron chi connectivity index (χ1n) is 5.26. The highest BCUT2D eigenvalue weighted by Gasteiger charge is 2.35. The summed E-state index contributed by atoms with van der Waals surface area (Å²) in [6, 6.07) is 1.25. The second-order valence-electron chi connectivity index (χ2n) is 3.34. The van der Waals surface area contributed by atoms with Crippen LogP contribution in [0.1, 0.15) is 36.1 Å². The third-order valence-electron chi connectivity index (χ3n) is 2.28. The first kappa shape index (κ1) is 15.5. The van der Waals surface area contributed by atoms with Crippen LogP contribution in [-0.4, -0.2) is 6.21 Å². The maximum absolute atomic E-state index is 12.6. The molecule has 1 aromatic carbocycles. The van der Waals surface area contributed by atoms with Gasteiger partial charge in [0.25, 0.3) is 0 Å². The number of nitrogens with one attached hydrogen (secondary N) is 1. The number of rotatable bonds is 1.